The summed E-state index contributed by atoms with van der Waals surface area (Å²) in [4.78, 5) is 61.1. The van der Waals surface area contributed by atoms with E-state index in [1.54, 1.807) is 36.4 Å². The molecule has 0 spiro atoms. The molecule has 184 valence electrons. The summed E-state index contributed by atoms with van der Waals surface area (Å²) in [5.41, 5.74) is 16.4. The summed E-state index contributed by atoms with van der Waals surface area (Å²) in [6, 6.07) is 10.3. The third kappa shape index (κ3) is 3.52. The maximum atomic E-state index is 13.6. The van der Waals surface area contributed by atoms with Crippen molar-refractivity contribution in [3.63, 3.8) is 0 Å². The average Bonchev–Trinajstić information content (AvgIpc) is 3.36. The fourth-order valence-corrected chi connectivity index (χ4v) is 5.46. The lowest BCUT2D eigenvalue weighted by Gasteiger charge is -2.25. The molecule has 0 radical (unpaired) electrons. The van der Waals surface area contributed by atoms with Gasteiger partial charge in [-0.2, -0.15) is 0 Å². The van der Waals surface area contributed by atoms with Crippen LogP contribution < -0.4 is 11.5 Å². The number of fused-ring (bicyclic) bond motifs is 2. The van der Waals surface area contributed by atoms with Gasteiger partial charge in [-0.25, -0.2) is 0 Å². The number of hydrogen-bond donors (Lipinski definition) is 4. The quantitative estimate of drug-likeness (QED) is 0.185. The van der Waals surface area contributed by atoms with Gasteiger partial charge >= 0.3 is 0 Å². The molecule has 0 aliphatic heterocycles. The van der Waals surface area contributed by atoms with E-state index in [9.17, 15) is 19.2 Å². The zero-order valence-corrected chi connectivity index (χ0v) is 20.2. The second kappa shape index (κ2) is 8.78. The van der Waals surface area contributed by atoms with Crippen LogP contribution in [0.3, 0.4) is 0 Å². The van der Waals surface area contributed by atoms with Gasteiger partial charge in [-0.15, -0.1) is 0 Å². The zero-order chi connectivity index (χ0) is 25.7. The van der Waals surface area contributed by atoms with Crippen molar-refractivity contribution in [3.8, 4) is 0 Å². The number of anilines is 2. The van der Waals surface area contributed by atoms with Crippen LogP contribution in [0.2, 0.25) is 0 Å². The van der Waals surface area contributed by atoms with E-state index in [4.69, 9.17) is 11.5 Å². The smallest absolute Gasteiger partial charge is 0.214 e. The van der Waals surface area contributed by atoms with E-state index >= 15 is 0 Å². The normalized spacial score (nSPS) is 18.6. The van der Waals surface area contributed by atoms with Gasteiger partial charge in [-0.1, -0.05) is 26.7 Å². The number of Topliss-reactive ketones (excluding diaryl/α,β-unsaturated/α-hetero) is 4. The molecule has 4 aromatic rings. The predicted octanol–water partition coefficient (Wildman–Crippen LogP) is 3.88. The number of rotatable bonds is 6. The Bertz CT molecular complexity index is 1430. The van der Waals surface area contributed by atoms with E-state index in [0.29, 0.717) is 68.5 Å². The first kappa shape index (κ1) is 23.5. The van der Waals surface area contributed by atoms with Crippen LogP contribution in [0.5, 0.6) is 0 Å². The number of aryl methyl sites for hydroxylation is 2. The van der Waals surface area contributed by atoms with Gasteiger partial charge in [0, 0.05) is 44.6 Å². The van der Waals surface area contributed by atoms with Crippen LogP contribution in [-0.2, 0) is 32.0 Å². The number of H-pyrrole nitrogens is 2. The number of nitrogens with two attached hydrogens (primary N) is 2. The second-order valence-electron chi connectivity index (χ2n) is 9.47. The van der Waals surface area contributed by atoms with E-state index in [1.807, 2.05) is 13.8 Å². The summed E-state index contributed by atoms with van der Waals surface area (Å²) in [6.45, 7) is 3.94. The van der Waals surface area contributed by atoms with E-state index in [0.717, 1.165) is 12.8 Å². The third-order valence-corrected chi connectivity index (χ3v) is 7.00. The standard InChI is InChI=1S/C28H28N4O4/c1-3-5-19-21(15-11-13(29)7-9-17(15)31-19)23-25(33)27(35)24(28(36)26(23)34)22-16-12-14(30)8-10-18(16)32-20(22)6-4-2/h7-12,23-24,31-32H,3-6,29-30H2,1-2H3. The van der Waals surface area contributed by atoms with Crippen LogP contribution in [0.15, 0.2) is 36.4 Å². The van der Waals surface area contributed by atoms with E-state index in [2.05, 4.69) is 9.97 Å². The molecular formula is C28H28N4O4. The highest BCUT2D eigenvalue weighted by Crippen LogP contribution is 2.41. The third-order valence-electron chi connectivity index (χ3n) is 7.00. The topological polar surface area (TPSA) is 152 Å². The molecule has 2 aromatic heterocycles. The molecule has 1 aliphatic carbocycles. The van der Waals surface area contributed by atoms with Gasteiger partial charge in [-0.3, -0.25) is 19.2 Å². The van der Waals surface area contributed by atoms with Crippen molar-refractivity contribution in [1.82, 2.24) is 9.97 Å². The average molecular weight is 485 g/mol. The number of carbonyl (C=O) groups excluding carboxylic acids is 4. The Labute approximate surface area is 207 Å². The van der Waals surface area contributed by atoms with Crippen LogP contribution in [0.4, 0.5) is 11.4 Å². The van der Waals surface area contributed by atoms with Gasteiger partial charge in [0.2, 0.25) is 23.1 Å². The van der Waals surface area contributed by atoms with Crippen LogP contribution >= 0.6 is 0 Å². The highest BCUT2D eigenvalue weighted by molar-refractivity contribution is 6.64. The lowest BCUT2D eigenvalue weighted by atomic mass is 9.71. The van der Waals surface area contributed by atoms with Crippen molar-refractivity contribution in [1.29, 1.82) is 0 Å². The number of hydrogen-bond acceptors (Lipinski definition) is 6. The minimum absolute atomic E-state index is 0.381. The maximum absolute atomic E-state index is 13.6. The van der Waals surface area contributed by atoms with Gasteiger partial charge in [0.1, 0.15) is 11.8 Å². The molecule has 36 heavy (non-hydrogen) atoms. The highest BCUT2D eigenvalue weighted by atomic mass is 16.2. The molecule has 2 aromatic carbocycles. The molecule has 1 fully saturated rings. The van der Waals surface area contributed by atoms with Crippen LogP contribution in [0.25, 0.3) is 21.8 Å². The van der Waals surface area contributed by atoms with Gasteiger partial charge < -0.3 is 21.4 Å². The Kier molecular flexibility index (Phi) is 5.74. The van der Waals surface area contributed by atoms with Gasteiger partial charge in [0.15, 0.2) is 0 Å². The minimum Gasteiger partial charge on any atom is -0.399 e. The molecule has 6 N–H and O–H groups in total. The Morgan fingerprint density at radius 3 is 1.33 bits per heavy atom. The van der Waals surface area contributed by atoms with E-state index < -0.39 is 35.0 Å². The first-order valence-corrected chi connectivity index (χ1v) is 12.2. The van der Waals surface area contributed by atoms with Crippen molar-refractivity contribution < 1.29 is 19.2 Å². The van der Waals surface area contributed by atoms with E-state index in [1.165, 1.54) is 0 Å². The Balaban J connectivity index is 1.67. The lowest BCUT2D eigenvalue weighted by Crippen LogP contribution is -2.46. The molecule has 1 saturated carbocycles. The molecule has 0 amide bonds. The number of nitrogens with one attached hydrogen (secondary N) is 2. The fraction of sp³-hybridized carbons (Fsp3) is 0.286. The molecule has 0 unspecified atom stereocenters. The monoisotopic (exact) mass is 484 g/mol. The Morgan fingerprint density at radius 2 is 1.00 bits per heavy atom. The van der Waals surface area contributed by atoms with Gasteiger partial charge in [0.05, 0.1) is 0 Å². The van der Waals surface area contributed by atoms with Crippen LogP contribution in [-0.4, -0.2) is 33.1 Å². The number of aromatic nitrogens is 2. The second-order valence-corrected chi connectivity index (χ2v) is 9.47. The number of benzene rings is 2. The lowest BCUT2D eigenvalue weighted by molar-refractivity contribution is -0.151. The predicted molar refractivity (Wildman–Crippen MR) is 139 cm³/mol. The number of aromatic amines is 2. The first-order valence-electron chi connectivity index (χ1n) is 12.2. The summed E-state index contributed by atoms with van der Waals surface area (Å²) < 4.78 is 0. The maximum Gasteiger partial charge on any atom is 0.214 e. The number of ketones is 4. The molecule has 1 aliphatic rings. The van der Waals surface area contributed by atoms with Crippen molar-refractivity contribution in [2.75, 3.05) is 11.5 Å². The number of nitrogen functional groups attached to an aromatic ring is 2. The number of carbonyl (C=O) groups is 4. The summed E-state index contributed by atoms with van der Waals surface area (Å²) in [5.74, 6) is -6.44. The molecule has 0 saturated heterocycles. The Morgan fingerprint density at radius 1 is 0.639 bits per heavy atom. The molecule has 8 nitrogen and oxygen atoms in total. The molecular weight excluding hydrogens is 456 g/mol. The molecule has 5 rings (SSSR count). The van der Waals surface area contributed by atoms with Crippen molar-refractivity contribution >= 4 is 56.3 Å². The SMILES string of the molecule is CCCc1[nH]c2ccc(N)cc2c1C1C(=O)C(=O)C(c2c(CCC)[nH]c3ccc(N)cc23)C(=O)C1=O. The summed E-state index contributed by atoms with van der Waals surface area (Å²) >= 11 is 0. The largest absolute Gasteiger partial charge is 0.399 e. The molecule has 2 heterocycles. The fourth-order valence-electron chi connectivity index (χ4n) is 5.46. The van der Waals surface area contributed by atoms with Crippen LogP contribution in [0.1, 0.15) is 61.0 Å². The van der Waals surface area contributed by atoms with Crippen molar-refractivity contribution in [2.24, 2.45) is 0 Å². The molecule has 0 bridgehead atoms. The van der Waals surface area contributed by atoms with Crippen LogP contribution in [0, 0.1) is 0 Å². The van der Waals surface area contributed by atoms with Gasteiger partial charge in [0.25, 0.3) is 0 Å². The Hall–Kier alpha value is -4.20. The zero-order valence-electron chi connectivity index (χ0n) is 20.2. The summed E-state index contributed by atoms with van der Waals surface area (Å²) in [5, 5.41) is 1.16. The molecule has 0 atom stereocenters. The van der Waals surface area contributed by atoms with E-state index in [-0.39, 0.29) is 0 Å². The van der Waals surface area contributed by atoms with Crippen molar-refractivity contribution in [2.45, 2.75) is 51.4 Å². The highest BCUT2D eigenvalue weighted by Gasteiger charge is 2.52. The minimum atomic E-state index is -1.48. The summed E-state index contributed by atoms with van der Waals surface area (Å²) in [6.07, 6.45) is 2.59. The molecule has 8 heteroatoms. The summed E-state index contributed by atoms with van der Waals surface area (Å²) in [7, 11) is 0. The first-order chi connectivity index (χ1) is 17.3. The van der Waals surface area contributed by atoms with Crippen molar-refractivity contribution in [3.05, 3.63) is 58.9 Å². The van der Waals surface area contributed by atoms with Gasteiger partial charge in [-0.05, 0) is 60.4 Å².